The molecule has 0 amide bonds. The summed E-state index contributed by atoms with van der Waals surface area (Å²) in [5.74, 6) is 0.898. The van der Waals surface area contributed by atoms with E-state index in [4.69, 9.17) is 4.74 Å². The zero-order valence-electron chi connectivity index (χ0n) is 16.7. The summed E-state index contributed by atoms with van der Waals surface area (Å²) in [7, 11) is 1.72. The van der Waals surface area contributed by atoms with Crippen LogP contribution in [0, 0.1) is 6.92 Å². The van der Waals surface area contributed by atoms with Gasteiger partial charge in [0.05, 0.1) is 17.6 Å². The summed E-state index contributed by atoms with van der Waals surface area (Å²) in [5.41, 5.74) is 7.36. The first-order valence-corrected chi connectivity index (χ1v) is 11.1. The highest BCUT2D eigenvalue weighted by molar-refractivity contribution is 9.10. The molecule has 1 aliphatic heterocycles. The lowest BCUT2D eigenvalue weighted by Gasteiger charge is -2.33. The van der Waals surface area contributed by atoms with Crippen molar-refractivity contribution in [2.24, 2.45) is 0 Å². The number of benzene rings is 2. The van der Waals surface area contributed by atoms with Gasteiger partial charge in [-0.3, -0.25) is 4.90 Å². The van der Waals surface area contributed by atoms with Crippen LogP contribution in [0.5, 0.6) is 5.75 Å². The van der Waals surface area contributed by atoms with Gasteiger partial charge in [0.25, 0.3) is 0 Å². The number of hydrogen-bond donors (Lipinski definition) is 0. The average Bonchev–Trinajstić information content (AvgIpc) is 2.88. The number of aromatic nitrogens is 1. The Balaban J connectivity index is 1.55. The number of nitrogens with zero attached hydrogens (tertiary/aromatic N) is 2. The van der Waals surface area contributed by atoms with Crippen molar-refractivity contribution in [2.45, 2.75) is 51.7 Å². The Hall–Kier alpha value is -1.78. The fourth-order valence-electron chi connectivity index (χ4n) is 5.23. The molecule has 0 fully saturated rings. The highest BCUT2D eigenvalue weighted by Crippen LogP contribution is 2.42. The van der Waals surface area contributed by atoms with E-state index < -0.39 is 0 Å². The lowest BCUT2D eigenvalue weighted by Crippen LogP contribution is -2.31. The van der Waals surface area contributed by atoms with Gasteiger partial charge in [0.15, 0.2) is 0 Å². The quantitative estimate of drug-likeness (QED) is 0.498. The van der Waals surface area contributed by atoms with Gasteiger partial charge in [-0.25, -0.2) is 0 Å². The van der Waals surface area contributed by atoms with Crippen molar-refractivity contribution in [3.8, 4) is 5.75 Å². The minimum atomic E-state index is 0.528. The van der Waals surface area contributed by atoms with E-state index in [9.17, 15) is 0 Å². The SMILES string of the molecule is COc1ccc(CN2CCCn3c4c(c5cc(C)ccc53)CCCC42)cc1Br. The molecule has 1 aliphatic carbocycles. The third kappa shape index (κ3) is 2.98. The van der Waals surface area contributed by atoms with Gasteiger partial charge in [0.1, 0.15) is 5.75 Å². The Morgan fingerprint density at radius 1 is 1.11 bits per heavy atom. The van der Waals surface area contributed by atoms with E-state index in [-0.39, 0.29) is 0 Å². The molecule has 0 spiro atoms. The standard InChI is InChI=1S/C24H27BrN2O/c1-16-7-9-21-19(13-16)18-5-3-6-22-24(18)27(21)12-4-11-26(22)15-17-8-10-23(28-2)20(25)14-17/h7-10,13-14,22H,3-6,11-12,15H2,1-2H3. The summed E-state index contributed by atoms with van der Waals surface area (Å²) in [5, 5.41) is 1.49. The lowest BCUT2D eigenvalue weighted by atomic mass is 9.90. The van der Waals surface area contributed by atoms with E-state index in [2.05, 4.69) is 68.7 Å². The molecule has 2 aliphatic rings. The fourth-order valence-corrected chi connectivity index (χ4v) is 5.81. The molecule has 2 heterocycles. The third-order valence-electron chi connectivity index (χ3n) is 6.46. The number of ether oxygens (including phenoxy) is 1. The Morgan fingerprint density at radius 3 is 2.82 bits per heavy atom. The minimum Gasteiger partial charge on any atom is -0.496 e. The minimum absolute atomic E-state index is 0.528. The molecule has 1 unspecified atom stereocenters. The van der Waals surface area contributed by atoms with Crippen LogP contribution >= 0.6 is 15.9 Å². The molecule has 1 atom stereocenters. The molecule has 0 N–H and O–H groups in total. The summed E-state index contributed by atoms with van der Waals surface area (Å²) in [6, 6.07) is 14.0. The van der Waals surface area contributed by atoms with Crippen molar-refractivity contribution < 1.29 is 4.74 Å². The second kappa shape index (κ2) is 7.23. The first kappa shape index (κ1) is 18.3. The number of hydrogen-bond acceptors (Lipinski definition) is 2. The normalized spacial score (nSPS) is 19.5. The maximum absolute atomic E-state index is 5.40. The highest BCUT2D eigenvalue weighted by atomic mass is 79.9. The van der Waals surface area contributed by atoms with Gasteiger partial charge < -0.3 is 9.30 Å². The van der Waals surface area contributed by atoms with Gasteiger partial charge in [-0.2, -0.15) is 0 Å². The predicted molar refractivity (Wildman–Crippen MR) is 118 cm³/mol. The van der Waals surface area contributed by atoms with E-state index in [1.54, 1.807) is 18.4 Å². The van der Waals surface area contributed by atoms with Crippen molar-refractivity contribution in [1.82, 2.24) is 9.47 Å². The van der Waals surface area contributed by atoms with Crippen molar-refractivity contribution in [1.29, 1.82) is 0 Å². The van der Waals surface area contributed by atoms with Crippen LogP contribution in [0.3, 0.4) is 0 Å². The molecular weight excluding hydrogens is 412 g/mol. The second-order valence-electron chi connectivity index (χ2n) is 8.24. The van der Waals surface area contributed by atoms with Crippen LogP contribution in [0.1, 0.15) is 47.7 Å². The Morgan fingerprint density at radius 2 is 2.00 bits per heavy atom. The summed E-state index contributed by atoms with van der Waals surface area (Å²) >= 11 is 3.65. The van der Waals surface area contributed by atoms with Gasteiger partial charge >= 0.3 is 0 Å². The molecule has 0 saturated carbocycles. The number of rotatable bonds is 3. The predicted octanol–water partition coefficient (Wildman–Crippen LogP) is 6.00. The molecule has 3 aromatic rings. The van der Waals surface area contributed by atoms with Crippen LogP contribution in [0.2, 0.25) is 0 Å². The molecule has 1 aromatic heterocycles. The summed E-state index contributed by atoms with van der Waals surface area (Å²) < 4.78 is 9.08. The molecule has 2 aromatic carbocycles. The van der Waals surface area contributed by atoms with Crippen LogP contribution in [-0.2, 0) is 19.5 Å². The van der Waals surface area contributed by atoms with Gasteiger partial charge in [-0.05, 0) is 83.9 Å². The van der Waals surface area contributed by atoms with Crippen molar-refractivity contribution >= 4 is 26.8 Å². The molecule has 5 rings (SSSR count). The Bertz CT molecular complexity index is 1040. The summed E-state index contributed by atoms with van der Waals surface area (Å²) in [6.45, 7) is 5.49. The van der Waals surface area contributed by atoms with Crippen LogP contribution in [0.25, 0.3) is 10.9 Å². The third-order valence-corrected chi connectivity index (χ3v) is 7.08. The second-order valence-corrected chi connectivity index (χ2v) is 9.09. The zero-order chi connectivity index (χ0) is 19.3. The molecule has 3 nitrogen and oxygen atoms in total. The van der Waals surface area contributed by atoms with Gasteiger partial charge in [0, 0.05) is 36.2 Å². The zero-order valence-corrected chi connectivity index (χ0v) is 18.3. The fraction of sp³-hybridized carbons (Fsp3) is 0.417. The highest BCUT2D eigenvalue weighted by Gasteiger charge is 2.33. The molecule has 146 valence electrons. The molecule has 0 bridgehead atoms. The van der Waals surface area contributed by atoms with E-state index >= 15 is 0 Å². The molecule has 28 heavy (non-hydrogen) atoms. The van der Waals surface area contributed by atoms with Crippen molar-refractivity contribution in [3.63, 3.8) is 0 Å². The van der Waals surface area contributed by atoms with E-state index in [0.29, 0.717) is 6.04 Å². The van der Waals surface area contributed by atoms with Crippen LogP contribution in [-0.4, -0.2) is 23.1 Å². The van der Waals surface area contributed by atoms with Gasteiger partial charge in [-0.1, -0.05) is 17.7 Å². The van der Waals surface area contributed by atoms with Crippen LogP contribution in [0.4, 0.5) is 0 Å². The van der Waals surface area contributed by atoms with E-state index in [1.165, 1.54) is 47.7 Å². The number of aryl methyl sites for hydroxylation is 3. The first-order chi connectivity index (χ1) is 13.7. The van der Waals surface area contributed by atoms with Crippen molar-refractivity contribution in [3.05, 3.63) is 63.3 Å². The first-order valence-electron chi connectivity index (χ1n) is 10.3. The topological polar surface area (TPSA) is 17.4 Å². The molecule has 0 saturated heterocycles. The average molecular weight is 439 g/mol. The number of halogens is 1. The van der Waals surface area contributed by atoms with E-state index in [0.717, 1.165) is 29.9 Å². The van der Waals surface area contributed by atoms with Crippen LogP contribution in [0.15, 0.2) is 40.9 Å². The van der Waals surface area contributed by atoms with E-state index in [1.807, 2.05) is 0 Å². The van der Waals surface area contributed by atoms with Crippen LogP contribution < -0.4 is 4.74 Å². The number of methoxy groups -OCH3 is 1. The molecule has 0 radical (unpaired) electrons. The molecule has 4 heteroatoms. The maximum Gasteiger partial charge on any atom is 0.133 e. The Labute approximate surface area is 175 Å². The number of fused-ring (bicyclic) bond motifs is 3. The van der Waals surface area contributed by atoms with Crippen molar-refractivity contribution in [2.75, 3.05) is 13.7 Å². The monoisotopic (exact) mass is 438 g/mol. The van der Waals surface area contributed by atoms with Gasteiger partial charge in [-0.15, -0.1) is 0 Å². The maximum atomic E-state index is 5.40. The van der Waals surface area contributed by atoms with Gasteiger partial charge in [0.2, 0.25) is 0 Å². The largest absolute Gasteiger partial charge is 0.496 e. The lowest BCUT2D eigenvalue weighted by molar-refractivity contribution is 0.173. The Kier molecular flexibility index (Phi) is 4.72. The molecular formula is C24H27BrN2O. The summed E-state index contributed by atoms with van der Waals surface area (Å²) in [4.78, 5) is 2.71. The summed E-state index contributed by atoms with van der Waals surface area (Å²) in [6.07, 6.45) is 4.98. The smallest absolute Gasteiger partial charge is 0.133 e.